The lowest BCUT2D eigenvalue weighted by Gasteiger charge is -3.66. The van der Waals surface area contributed by atoms with E-state index in [1.54, 1.807) is 45.3 Å². The smallest absolute Gasteiger partial charge is 0.134 e. The molecule has 0 radical (unpaired) electrons. The normalized spacial score (nSPS) is 74.2. The summed E-state index contributed by atoms with van der Waals surface area (Å²) in [5.74, 6) is 21.7. The summed E-state index contributed by atoms with van der Waals surface area (Å²) in [6.45, 7) is 21.7. The number of nitrogens with zero attached hydrogens (tertiary/aromatic N) is 2. The van der Waals surface area contributed by atoms with Crippen LogP contribution < -0.4 is 0 Å². The lowest BCUT2D eigenvalue weighted by Crippen LogP contribution is -3.65. The number of hydrogen-bond acceptors (Lipinski definition) is 9. The van der Waals surface area contributed by atoms with Crippen LogP contribution in [-0.2, 0) is 10.8 Å². The van der Waals surface area contributed by atoms with Gasteiger partial charge in [0.2, 0.25) is 0 Å². The highest BCUT2D eigenvalue weighted by Crippen LogP contribution is 3.68. The topological polar surface area (TPSA) is 25.8 Å². The standard InChI is InChI=1S/C81H62N2S7/c1-10-21(3)32-12-13-33(84-32)34-14-22(4)48(85-34)35-15-23(5)50(86-35)58-82-56-52(89-58)53-57(83-59(90-53)51-24(6)16-36(87-51)49-25(7)17-37(88-49)60(8,9)11-2)61(56)54-46-43-31-20-29-41-44-40-28-18-26-38-39-27-19-30-42-45-47-55(61)65(54)72(46)68(43)64(29,31)70(41)74(44)69(40)62(26,28)66(38)67(39)63(27,30)71(42)75(45)73(47,65)79(72)78(68,70)80(74)76(66,69)77(67,71)81(75,79)80/h12-17,21,26-31,38-47,54-55H,10-11,18-20H2,1-9H3. The average Bonchev–Trinajstić information content (AvgIpc) is 0.435. The van der Waals surface area contributed by atoms with E-state index in [0.29, 0.717) is 11.3 Å². The van der Waals surface area contributed by atoms with Gasteiger partial charge in [0.1, 0.15) is 10.0 Å². The predicted octanol–water partition coefficient (Wildman–Crippen LogP) is 18.3. The number of aromatic nitrogens is 2. The molecule has 0 aliphatic heterocycles. The van der Waals surface area contributed by atoms with Crippen molar-refractivity contribution in [2.75, 3.05) is 0 Å². The van der Waals surface area contributed by atoms with Crippen molar-refractivity contribution in [3.63, 3.8) is 0 Å². The Kier molecular flexibility index (Phi) is 4.23. The summed E-state index contributed by atoms with van der Waals surface area (Å²) in [7, 11) is 0. The van der Waals surface area contributed by atoms with Crippen LogP contribution in [0.15, 0.2) is 36.4 Å². The fraction of sp³-hybridized carbons (Fsp3) is 0.679. The zero-order valence-electron chi connectivity index (χ0n) is 51.7. The lowest BCUT2D eigenvalue weighted by molar-refractivity contribution is -1.21. The van der Waals surface area contributed by atoms with E-state index in [0.717, 1.165) is 144 Å². The molecule has 9 heteroatoms. The molecule has 7 heterocycles. The molecule has 21 spiro atoms. The summed E-state index contributed by atoms with van der Waals surface area (Å²) in [5.41, 5.74) is 27.9. The lowest BCUT2D eigenvalue weighted by atomic mass is 8.36. The van der Waals surface area contributed by atoms with Crippen LogP contribution in [-0.4, -0.2) is 9.97 Å². The quantitative estimate of drug-likeness (QED) is 0.144. The summed E-state index contributed by atoms with van der Waals surface area (Å²) in [4.78, 5) is 31.1. The van der Waals surface area contributed by atoms with E-state index in [9.17, 15) is 0 Å². The zero-order valence-corrected chi connectivity index (χ0v) is 57.4. The van der Waals surface area contributed by atoms with Crippen molar-refractivity contribution in [2.45, 2.75) is 111 Å². The molecule has 7 aromatic rings. The molecule has 90 heavy (non-hydrogen) atoms. The number of fused-ring (bicyclic) bond motifs is 21. The maximum Gasteiger partial charge on any atom is 0.134 e. The summed E-state index contributed by atoms with van der Waals surface area (Å²) < 4.78 is 0. The molecule has 31 aliphatic rings. The van der Waals surface area contributed by atoms with Crippen molar-refractivity contribution in [1.29, 1.82) is 0 Å². The first-order chi connectivity index (χ1) is 43.8. The Hall–Kier alpha value is -2.24. The van der Waals surface area contributed by atoms with E-state index in [1.807, 2.05) is 22.7 Å². The van der Waals surface area contributed by atoms with Crippen LogP contribution in [0.4, 0.5) is 0 Å². The van der Waals surface area contributed by atoms with E-state index < -0.39 is 0 Å². The van der Waals surface area contributed by atoms with E-state index in [1.165, 1.54) is 154 Å². The van der Waals surface area contributed by atoms with Crippen molar-refractivity contribution < 1.29 is 0 Å². The van der Waals surface area contributed by atoms with Crippen molar-refractivity contribution in [3.05, 3.63) is 79.8 Å². The summed E-state index contributed by atoms with van der Waals surface area (Å²) in [6, 6.07) is 15.0. The molecule has 40 unspecified atom stereocenters. The molecule has 0 amide bonds. The second-order valence-electron chi connectivity index (χ2n) is 41.1. The van der Waals surface area contributed by atoms with Crippen LogP contribution >= 0.6 is 79.4 Å². The molecule has 38 rings (SSSR count). The van der Waals surface area contributed by atoms with Gasteiger partial charge in [0.05, 0.1) is 36.3 Å². The van der Waals surface area contributed by atoms with Gasteiger partial charge in [-0.05, 0) is 345 Å². The minimum atomic E-state index is 0.0453. The van der Waals surface area contributed by atoms with E-state index in [4.69, 9.17) is 9.97 Å². The van der Waals surface area contributed by atoms with Gasteiger partial charge in [-0.1, -0.05) is 34.6 Å². The van der Waals surface area contributed by atoms with Gasteiger partial charge in [-0.3, -0.25) is 0 Å². The number of hydrogen-bond donors (Lipinski definition) is 0. The Labute approximate surface area is 549 Å². The van der Waals surface area contributed by atoms with Gasteiger partial charge >= 0.3 is 0 Å². The predicted molar refractivity (Wildman–Crippen MR) is 347 cm³/mol. The molecule has 31 aliphatic carbocycles. The second-order valence-corrected chi connectivity index (χ2v) is 48.4. The minimum Gasteiger partial charge on any atom is -0.238 e. The van der Waals surface area contributed by atoms with E-state index in [-0.39, 0.29) is 10.8 Å². The van der Waals surface area contributed by atoms with Crippen LogP contribution in [0.25, 0.3) is 58.8 Å². The van der Waals surface area contributed by atoms with Crippen molar-refractivity contribution in [1.82, 2.24) is 9.97 Å². The fourth-order valence-corrected chi connectivity index (χ4v) is 62.4. The summed E-state index contributed by atoms with van der Waals surface area (Å²) >= 11 is 14.7. The van der Waals surface area contributed by atoms with Gasteiger partial charge in [0, 0.05) is 39.0 Å². The number of thiophene rings is 5. The van der Waals surface area contributed by atoms with Gasteiger partial charge < -0.3 is 0 Å². The fourth-order valence-electron chi connectivity index (χ4n) is 53.3. The third-order valence-corrected chi connectivity index (χ3v) is 56.5. The van der Waals surface area contributed by atoms with Crippen molar-refractivity contribution >= 4 is 79.4 Å². The van der Waals surface area contributed by atoms with Crippen LogP contribution in [0.1, 0.15) is 116 Å². The molecule has 0 aromatic carbocycles. The van der Waals surface area contributed by atoms with E-state index >= 15 is 0 Å². The van der Waals surface area contributed by atoms with Gasteiger partial charge in [-0.15, -0.1) is 79.4 Å². The van der Waals surface area contributed by atoms with Crippen LogP contribution in [0, 0.1) is 243 Å². The molecular formula is C81H62N2S7. The highest BCUT2D eigenvalue weighted by Gasteiger charge is 3.68. The van der Waals surface area contributed by atoms with E-state index in [2.05, 4.69) is 155 Å². The maximum absolute atomic E-state index is 6.52. The molecule has 2 nitrogen and oxygen atoms in total. The Morgan fingerprint density at radius 1 is 0.422 bits per heavy atom. The Morgan fingerprint density at radius 3 is 1.36 bits per heavy atom. The Bertz CT molecular complexity index is 5770. The summed E-state index contributed by atoms with van der Waals surface area (Å²) in [6.07, 6.45) is 7.61. The first-order valence-electron chi connectivity index (χ1n) is 37.4. The Morgan fingerprint density at radius 2 is 0.833 bits per heavy atom. The first kappa shape index (κ1) is 42.4. The number of aryl methyl sites for hydroxylation is 4. The highest BCUT2D eigenvalue weighted by molar-refractivity contribution is 7.31. The van der Waals surface area contributed by atoms with Gasteiger partial charge in [-0.25, -0.2) is 9.97 Å². The molecule has 30 fully saturated rings. The summed E-state index contributed by atoms with van der Waals surface area (Å²) in [5, 5.41) is 2.74. The monoisotopic (exact) mass is 1290 g/mol. The minimum absolute atomic E-state index is 0.0453. The van der Waals surface area contributed by atoms with Crippen LogP contribution in [0.5, 0.6) is 0 Å². The largest absolute Gasteiger partial charge is 0.238 e. The molecule has 0 saturated heterocycles. The van der Waals surface area contributed by atoms with Crippen LogP contribution in [0.3, 0.4) is 0 Å². The van der Waals surface area contributed by atoms with Crippen LogP contribution in [0.2, 0.25) is 0 Å². The van der Waals surface area contributed by atoms with Gasteiger partial charge in [0.25, 0.3) is 0 Å². The molecule has 0 bridgehead atoms. The zero-order chi connectivity index (χ0) is 56.7. The Balaban J connectivity index is 0.573. The average molecular weight is 1290 g/mol. The SMILES string of the molecule is CCC(C)c1ccc(-c2cc(C)c(-c3cc(C)c(-c4nc5c(s4)-c4sc(-c6sc(-c7sc(C(C)(C)CC)cc7C)cc6C)nc4C54C5C6C7C8CC9C%10C%11C%12C%13CC%14C%15C%16C%17CC%18C%19C%20C%21C4C54C65C76C89C%107C%118C%129C%14%13C%15%10C%16%11C%17%18C%19%12C%20%13C%214C54C67C85C%109C%11%12C%1345)s3)s2)s1. The number of rotatable bonds is 9. The molecule has 0 N–H and O–H groups in total. The first-order valence-corrected chi connectivity index (χ1v) is 43.1. The van der Waals surface area contributed by atoms with Gasteiger partial charge in [-0.2, -0.15) is 0 Å². The second kappa shape index (κ2) is 8.97. The van der Waals surface area contributed by atoms with Crippen molar-refractivity contribution in [3.8, 4) is 58.8 Å². The molecule has 40 atom stereocenters. The molecule has 7 aromatic heterocycles. The molecule has 438 valence electrons. The maximum atomic E-state index is 6.52. The van der Waals surface area contributed by atoms with Gasteiger partial charge in [0.15, 0.2) is 0 Å². The molecular weight excluding hydrogens is 1230 g/mol. The number of thiazole rings is 2. The third-order valence-electron chi connectivity index (χ3n) is 46.7. The molecule has 30 saturated carbocycles. The highest BCUT2D eigenvalue weighted by atomic mass is 32.1. The third kappa shape index (κ3) is 1.73. The van der Waals surface area contributed by atoms with Crippen molar-refractivity contribution in [2.24, 2.45) is 215 Å².